The molecular formula is C19H21FN2O2. The van der Waals surface area contributed by atoms with E-state index in [0.717, 1.165) is 6.54 Å². The van der Waals surface area contributed by atoms with Crippen molar-refractivity contribution in [3.63, 3.8) is 0 Å². The van der Waals surface area contributed by atoms with Gasteiger partial charge < -0.3 is 9.52 Å². The second-order valence-electron chi connectivity index (χ2n) is 5.97. The van der Waals surface area contributed by atoms with Crippen LogP contribution in [0, 0.1) is 5.82 Å². The van der Waals surface area contributed by atoms with Crippen molar-refractivity contribution in [3.05, 3.63) is 65.8 Å². The average molecular weight is 328 g/mol. The van der Waals surface area contributed by atoms with Gasteiger partial charge in [-0.2, -0.15) is 0 Å². The third-order valence-corrected chi connectivity index (χ3v) is 4.13. The average Bonchev–Trinajstić information content (AvgIpc) is 2.97. The number of aromatic nitrogens is 1. The van der Waals surface area contributed by atoms with E-state index in [1.54, 1.807) is 6.07 Å². The Hall–Kier alpha value is -2.24. The van der Waals surface area contributed by atoms with Crippen LogP contribution in [0.1, 0.15) is 24.8 Å². The molecule has 0 saturated heterocycles. The van der Waals surface area contributed by atoms with E-state index in [-0.39, 0.29) is 18.5 Å². The van der Waals surface area contributed by atoms with Crippen molar-refractivity contribution in [1.82, 2.24) is 9.88 Å². The van der Waals surface area contributed by atoms with E-state index in [4.69, 9.17) is 4.42 Å². The lowest BCUT2D eigenvalue weighted by atomic mass is 10.1. The standard InChI is InChI=1S/C19H21FN2O2/c1-14(9-10-23)22(12-15-5-3-2-4-6-15)13-19-21-17-8-7-16(20)11-18(17)24-19/h2-8,11,14,23H,9-10,12-13H2,1H3. The fraction of sp³-hybridized carbons (Fsp3) is 0.316. The minimum absolute atomic E-state index is 0.130. The Morgan fingerprint density at radius 3 is 2.71 bits per heavy atom. The van der Waals surface area contributed by atoms with Crippen LogP contribution in [0.25, 0.3) is 11.1 Å². The van der Waals surface area contributed by atoms with Gasteiger partial charge in [-0.05, 0) is 31.0 Å². The molecule has 1 unspecified atom stereocenters. The van der Waals surface area contributed by atoms with Gasteiger partial charge in [0.2, 0.25) is 5.89 Å². The summed E-state index contributed by atoms with van der Waals surface area (Å²) in [5, 5.41) is 9.26. The highest BCUT2D eigenvalue weighted by molar-refractivity contribution is 5.72. The number of rotatable bonds is 7. The number of benzene rings is 2. The molecule has 0 bridgehead atoms. The van der Waals surface area contributed by atoms with Crippen molar-refractivity contribution >= 4 is 11.1 Å². The number of oxazole rings is 1. The molecule has 0 saturated carbocycles. The van der Waals surface area contributed by atoms with Crippen LogP contribution in [0.15, 0.2) is 52.9 Å². The Morgan fingerprint density at radius 1 is 1.17 bits per heavy atom. The topological polar surface area (TPSA) is 49.5 Å². The first-order valence-corrected chi connectivity index (χ1v) is 8.09. The lowest BCUT2D eigenvalue weighted by molar-refractivity contribution is 0.142. The molecule has 0 fully saturated rings. The molecule has 1 N–H and O–H groups in total. The van der Waals surface area contributed by atoms with Crippen molar-refractivity contribution in [2.75, 3.05) is 6.61 Å². The van der Waals surface area contributed by atoms with Crippen molar-refractivity contribution in [2.24, 2.45) is 0 Å². The number of aliphatic hydroxyl groups is 1. The summed E-state index contributed by atoms with van der Waals surface area (Å²) in [5.74, 6) is 0.219. The summed E-state index contributed by atoms with van der Waals surface area (Å²) in [4.78, 5) is 6.64. The fourth-order valence-corrected chi connectivity index (χ4v) is 2.74. The molecule has 0 aliphatic heterocycles. The number of hydrogen-bond donors (Lipinski definition) is 1. The van der Waals surface area contributed by atoms with E-state index in [1.165, 1.54) is 17.7 Å². The maximum atomic E-state index is 13.3. The molecule has 3 rings (SSSR count). The highest BCUT2D eigenvalue weighted by Gasteiger charge is 2.18. The van der Waals surface area contributed by atoms with E-state index in [2.05, 4.69) is 28.9 Å². The van der Waals surface area contributed by atoms with E-state index < -0.39 is 0 Å². The predicted octanol–water partition coefficient (Wildman–Crippen LogP) is 3.74. The van der Waals surface area contributed by atoms with Crippen LogP contribution >= 0.6 is 0 Å². The molecule has 1 heterocycles. The zero-order valence-electron chi connectivity index (χ0n) is 13.7. The van der Waals surface area contributed by atoms with Crippen molar-refractivity contribution in [1.29, 1.82) is 0 Å². The van der Waals surface area contributed by atoms with Crippen LogP contribution in [-0.4, -0.2) is 27.6 Å². The summed E-state index contributed by atoms with van der Waals surface area (Å²) in [7, 11) is 0. The van der Waals surface area contributed by atoms with E-state index >= 15 is 0 Å². The minimum atomic E-state index is -0.333. The minimum Gasteiger partial charge on any atom is -0.439 e. The fourth-order valence-electron chi connectivity index (χ4n) is 2.74. The molecule has 4 nitrogen and oxygen atoms in total. The first kappa shape index (κ1) is 16.6. The van der Waals surface area contributed by atoms with Gasteiger partial charge in [0, 0.05) is 25.3 Å². The normalized spacial score (nSPS) is 12.8. The molecule has 0 spiro atoms. The van der Waals surface area contributed by atoms with Gasteiger partial charge in [0.1, 0.15) is 11.3 Å². The second kappa shape index (κ2) is 7.55. The third-order valence-electron chi connectivity index (χ3n) is 4.13. The first-order valence-electron chi connectivity index (χ1n) is 8.09. The van der Waals surface area contributed by atoms with E-state index in [9.17, 15) is 9.50 Å². The summed E-state index contributed by atoms with van der Waals surface area (Å²) in [6, 6.07) is 14.7. The predicted molar refractivity (Wildman–Crippen MR) is 90.8 cm³/mol. The number of nitrogens with zero attached hydrogens (tertiary/aromatic N) is 2. The van der Waals surface area contributed by atoms with Gasteiger partial charge in [-0.3, -0.25) is 4.90 Å². The van der Waals surface area contributed by atoms with Crippen molar-refractivity contribution in [3.8, 4) is 0 Å². The van der Waals surface area contributed by atoms with Gasteiger partial charge >= 0.3 is 0 Å². The van der Waals surface area contributed by atoms with Crippen molar-refractivity contribution < 1.29 is 13.9 Å². The summed E-state index contributed by atoms with van der Waals surface area (Å²) < 4.78 is 19.0. The van der Waals surface area contributed by atoms with Crippen LogP contribution in [0.4, 0.5) is 4.39 Å². The Labute approximate surface area is 140 Å². The maximum absolute atomic E-state index is 13.3. The first-order chi connectivity index (χ1) is 11.7. The SMILES string of the molecule is CC(CCO)N(Cc1ccccc1)Cc1nc2ccc(F)cc2o1. The van der Waals surface area contributed by atoms with Gasteiger partial charge in [0.25, 0.3) is 0 Å². The monoisotopic (exact) mass is 328 g/mol. The Balaban J connectivity index is 1.81. The molecule has 126 valence electrons. The summed E-state index contributed by atoms with van der Waals surface area (Å²) in [6.07, 6.45) is 0.668. The van der Waals surface area contributed by atoms with Gasteiger partial charge in [0.05, 0.1) is 6.54 Å². The zero-order chi connectivity index (χ0) is 16.9. The molecule has 0 amide bonds. The number of hydrogen-bond acceptors (Lipinski definition) is 4. The second-order valence-corrected chi connectivity index (χ2v) is 5.97. The lowest BCUT2D eigenvalue weighted by Crippen LogP contribution is -2.33. The van der Waals surface area contributed by atoms with Gasteiger partial charge in [-0.15, -0.1) is 0 Å². The van der Waals surface area contributed by atoms with Crippen LogP contribution in [0.2, 0.25) is 0 Å². The van der Waals surface area contributed by atoms with Gasteiger partial charge in [-0.25, -0.2) is 9.37 Å². The Morgan fingerprint density at radius 2 is 1.96 bits per heavy atom. The van der Waals surface area contributed by atoms with Crippen LogP contribution in [0.5, 0.6) is 0 Å². The highest BCUT2D eigenvalue weighted by Crippen LogP contribution is 2.20. The van der Waals surface area contributed by atoms with Crippen LogP contribution < -0.4 is 0 Å². The van der Waals surface area contributed by atoms with Crippen LogP contribution in [-0.2, 0) is 13.1 Å². The Kier molecular flexibility index (Phi) is 5.23. The molecule has 5 heteroatoms. The zero-order valence-corrected chi connectivity index (χ0v) is 13.7. The van der Waals surface area contributed by atoms with Crippen molar-refractivity contribution in [2.45, 2.75) is 32.5 Å². The molecule has 3 aromatic rings. The molecule has 0 aliphatic carbocycles. The maximum Gasteiger partial charge on any atom is 0.209 e. The smallest absolute Gasteiger partial charge is 0.209 e. The molecule has 24 heavy (non-hydrogen) atoms. The highest BCUT2D eigenvalue weighted by atomic mass is 19.1. The van der Waals surface area contributed by atoms with Gasteiger partial charge in [-0.1, -0.05) is 30.3 Å². The van der Waals surface area contributed by atoms with Crippen LogP contribution in [0.3, 0.4) is 0 Å². The van der Waals surface area contributed by atoms with E-state index in [0.29, 0.717) is 30.0 Å². The summed E-state index contributed by atoms with van der Waals surface area (Å²) in [5.41, 5.74) is 2.30. The van der Waals surface area contributed by atoms with Gasteiger partial charge in [0.15, 0.2) is 5.58 Å². The molecule has 1 atom stereocenters. The largest absolute Gasteiger partial charge is 0.439 e. The molecular weight excluding hydrogens is 307 g/mol. The number of halogens is 1. The molecule has 0 radical (unpaired) electrons. The molecule has 2 aromatic carbocycles. The lowest BCUT2D eigenvalue weighted by Gasteiger charge is -2.27. The summed E-state index contributed by atoms with van der Waals surface area (Å²) >= 11 is 0. The molecule has 0 aliphatic rings. The quantitative estimate of drug-likeness (QED) is 0.718. The number of aliphatic hydroxyl groups excluding tert-OH is 1. The number of fused-ring (bicyclic) bond motifs is 1. The van der Waals surface area contributed by atoms with E-state index in [1.807, 2.05) is 18.2 Å². The molecule has 1 aromatic heterocycles. The summed E-state index contributed by atoms with van der Waals surface area (Å²) in [6.45, 7) is 3.44. The third kappa shape index (κ3) is 3.99. The Bertz CT molecular complexity index is 788.